The molecule has 2 unspecified atom stereocenters. The predicted molar refractivity (Wildman–Crippen MR) is 50.4 cm³/mol. The van der Waals surface area contributed by atoms with Gasteiger partial charge in [-0.05, 0) is 13.0 Å². The van der Waals surface area contributed by atoms with Crippen LogP contribution in [0.25, 0.3) is 0 Å². The third-order valence-corrected chi connectivity index (χ3v) is 2.27. The van der Waals surface area contributed by atoms with Crippen molar-refractivity contribution in [1.82, 2.24) is 10.6 Å². The van der Waals surface area contributed by atoms with Crippen molar-refractivity contribution < 1.29 is 4.74 Å². The summed E-state index contributed by atoms with van der Waals surface area (Å²) in [5.41, 5.74) is 0. The average molecular weight is 172 g/mol. The van der Waals surface area contributed by atoms with E-state index in [-0.39, 0.29) is 0 Å². The second-order valence-corrected chi connectivity index (χ2v) is 2.96. The van der Waals surface area contributed by atoms with Gasteiger partial charge >= 0.3 is 0 Å². The second-order valence-electron chi connectivity index (χ2n) is 2.96. The van der Waals surface area contributed by atoms with Gasteiger partial charge in [0, 0.05) is 19.1 Å². The molecule has 0 bridgehead atoms. The van der Waals surface area contributed by atoms with Gasteiger partial charge in [0.15, 0.2) is 0 Å². The second kappa shape index (κ2) is 5.51. The van der Waals surface area contributed by atoms with Gasteiger partial charge in [-0.15, -0.1) is 0 Å². The molecule has 2 aliphatic heterocycles. The van der Waals surface area contributed by atoms with Gasteiger partial charge in [-0.2, -0.15) is 0 Å². The summed E-state index contributed by atoms with van der Waals surface area (Å²) in [6.45, 7) is 8.07. The highest BCUT2D eigenvalue weighted by Crippen LogP contribution is 2.10. The van der Waals surface area contributed by atoms with Crippen LogP contribution < -0.4 is 10.6 Å². The third-order valence-electron chi connectivity index (χ3n) is 2.27. The van der Waals surface area contributed by atoms with Crippen molar-refractivity contribution in [3.63, 3.8) is 0 Å². The van der Waals surface area contributed by atoms with Crippen LogP contribution in [-0.4, -0.2) is 38.4 Å². The lowest BCUT2D eigenvalue weighted by Crippen LogP contribution is -2.56. The van der Waals surface area contributed by atoms with Gasteiger partial charge in [-0.3, -0.25) is 0 Å². The number of fused-ring (bicyclic) bond motifs is 1. The van der Waals surface area contributed by atoms with Crippen molar-refractivity contribution in [3.8, 4) is 0 Å². The summed E-state index contributed by atoms with van der Waals surface area (Å²) < 4.78 is 5.56. The molecule has 0 aromatic carbocycles. The van der Waals surface area contributed by atoms with E-state index in [0.717, 1.165) is 26.2 Å². The monoisotopic (exact) mass is 172 g/mol. The van der Waals surface area contributed by atoms with Crippen molar-refractivity contribution in [2.24, 2.45) is 0 Å². The van der Waals surface area contributed by atoms with Gasteiger partial charge in [0.2, 0.25) is 0 Å². The molecule has 2 fully saturated rings. The zero-order chi connectivity index (χ0) is 8.81. The van der Waals surface area contributed by atoms with E-state index in [9.17, 15) is 0 Å². The molecular formula is C9H20N2O. The number of ether oxygens (including phenoxy) is 1. The molecule has 2 N–H and O–H groups in total. The lowest BCUT2D eigenvalue weighted by molar-refractivity contribution is -0.0152. The van der Waals surface area contributed by atoms with Crippen LogP contribution in [0.1, 0.15) is 20.3 Å². The highest BCUT2D eigenvalue weighted by molar-refractivity contribution is 4.86. The Morgan fingerprint density at radius 3 is 2.83 bits per heavy atom. The quantitative estimate of drug-likeness (QED) is 0.553. The summed E-state index contributed by atoms with van der Waals surface area (Å²) in [6, 6.07) is 0.620. The molecular weight excluding hydrogens is 152 g/mol. The lowest BCUT2D eigenvalue weighted by atomic mass is 10.0. The average Bonchev–Trinajstić information content (AvgIpc) is 2.21. The first-order valence-corrected chi connectivity index (χ1v) is 5.02. The third kappa shape index (κ3) is 2.44. The largest absolute Gasteiger partial charge is 0.374 e. The first-order chi connectivity index (χ1) is 5.97. The number of morpholine rings is 1. The summed E-state index contributed by atoms with van der Waals surface area (Å²) in [6.07, 6.45) is 1.65. The van der Waals surface area contributed by atoms with Crippen molar-refractivity contribution in [1.29, 1.82) is 0 Å². The van der Waals surface area contributed by atoms with Gasteiger partial charge in [-0.1, -0.05) is 13.8 Å². The number of nitrogens with one attached hydrogen (secondary N) is 2. The fourth-order valence-electron chi connectivity index (χ4n) is 1.69. The molecule has 0 amide bonds. The van der Waals surface area contributed by atoms with E-state index in [4.69, 9.17) is 4.74 Å². The molecule has 2 aliphatic rings. The van der Waals surface area contributed by atoms with Gasteiger partial charge < -0.3 is 15.4 Å². The molecule has 0 aromatic rings. The van der Waals surface area contributed by atoms with E-state index < -0.39 is 0 Å². The standard InChI is InChI=1S/C7H14N2O.C2H6/c1-2-8-5-7-6(1)9-3-4-10-7;1-2/h6-9H,1-5H2;1-2H3. The normalized spacial score (nSPS) is 34.5. The highest BCUT2D eigenvalue weighted by atomic mass is 16.5. The minimum Gasteiger partial charge on any atom is -0.374 e. The minimum absolute atomic E-state index is 0.433. The molecule has 72 valence electrons. The number of hydrogen-bond donors (Lipinski definition) is 2. The molecule has 2 atom stereocenters. The Morgan fingerprint density at radius 2 is 2.08 bits per heavy atom. The van der Waals surface area contributed by atoms with Gasteiger partial charge in [0.05, 0.1) is 12.7 Å². The summed E-state index contributed by atoms with van der Waals surface area (Å²) in [5, 5.41) is 6.77. The SMILES string of the molecule is C1CC2NCCOC2CN1.CC. The van der Waals surface area contributed by atoms with E-state index in [2.05, 4.69) is 10.6 Å². The van der Waals surface area contributed by atoms with Gasteiger partial charge in [0.1, 0.15) is 0 Å². The van der Waals surface area contributed by atoms with Gasteiger partial charge in [-0.25, -0.2) is 0 Å². The highest BCUT2D eigenvalue weighted by Gasteiger charge is 2.27. The molecule has 0 saturated carbocycles. The van der Waals surface area contributed by atoms with Crippen LogP contribution in [0.15, 0.2) is 0 Å². The fourth-order valence-corrected chi connectivity index (χ4v) is 1.69. The molecule has 0 aromatic heterocycles. The molecule has 3 nitrogen and oxygen atoms in total. The van der Waals surface area contributed by atoms with E-state index in [0.29, 0.717) is 12.1 Å². The van der Waals surface area contributed by atoms with Crippen LogP contribution in [0.2, 0.25) is 0 Å². The van der Waals surface area contributed by atoms with Crippen LogP contribution in [0.5, 0.6) is 0 Å². The van der Waals surface area contributed by atoms with Crippen LogP contribution in [0.4, 0.5) is 0 Å². The molecule has 2 heterocycles. The fraction of sp³-hybridized carbons (Fsp3) is 1.00. The van der Waals surface area contributed by atoms with Crippen molar-refractivity contribution >= 4 is 0 Å². The first kappa shape index (κ1) is 9.96. The number of piperidine rings is 1. The smallest absolute Gasteiger partial charge is 0.0853 e. The topological polar surface area (TPSA) is 33.3 Å². The van der Waals surface area contributed by atoms with Crippen LogP contribution >= 0.6 is 0 Å². The van der Waals surface area contributed by atoms with E-state index in [1.165, 1.54) is 6.42 Å². The molecule has 0 radical (unpaired) electrons. The zero-order valence-corrected chi connectivity index (χ0v) is 8.10. The maximum atomic E-state index is 5.56. The Balaban J connectivity index is 0.000000336. The summed E-state index contributed by atoms with van der Waals surface area (Å²) in [4.78, 5) is 0. The van der Waals surface area contributed by atoms with E-state index in [1.807, 2.05) is 13.8 Å². The Labute approximate surface area is 74.9 Å². The molecule has 2 rings (SSSR count). The molecule has 12 heavy (non-hydrogen) atoms. The van der Waals surface area contributed by atoms with Crippen LogP contribution in [-0.2, 0) is 4.74 Å². The Kier molecular flexibility index (Phi) is 4.58. The lowest BCUT2D eigenvalue weighted by Gasteiger charge is -2.36. The molecule has 0 spiro atoms. The molecule has 3 heteroatoms. The summed E-state index contributed by atoms with van der Waals surface area (Å²) >= 11 is 0. The summed E-state index contributed by atoms with van der Waals surface area (Å²) in [5.74, 6) is 0. The maximum Gasteiger partial charge on any atom is 0.0853 e. The molecule has 0 aliphatic carbocycles. The van der Waals surface area contributed by atoms with Crippen LogP contribution in [0.3, 0.4) is 0 Å². The molecule has 2 saturated heterocycles. The van der Waals surface area contributed by atoms with E-state index >= 15 is 0 Å². The minimum atomic E-state index is 0.433. The van der Waals surface area contributed by atoms with Crippen molar-refractivity contribution in [3.05, 3.63) is 0 Å². The van der Waals surface area contributed by atoms with E-state index in [1.54, 1.807) is 0 Å². The summed E-state index contributed by atoms with van der Waals surface area (Å²) in [7, 11) is 0. The Bertz CT molecular complexity index is 93.1. The number of hydrogen-bond acceptors (Lipinski definition) is 3. The van der Waals surface area contributed by atoms with Gasteiger partial charge in [0.25, 0.3) is 0 Å². The Hall–Kier alpha value is -0.120. The van der Waals surface area contributed by atoms with Crippen LogP contribution in [0, 0.1) is 0 Å². The zero-order valence-electron chi connectivity index (χ0n) is 8.10. The first-order valence-electron chi connectivity index (χ1n) is 5.02. The Morgan fingerprint density at radius 1 is 1.25 bits per heavy atom. The number of rotatable bonds is 0. The predicted octanol–water partition coefficient (Wildman–Crippen LogP) is 0.363. The van der Waals surface area contributed by atoms with Crippen molar-refractivity contribution in [2.45, 2.75) is 32.4 Å². The maximum absolute atomic E-state index is 5.56. The van der Waals surface area contributed by atoms with Crippen molar-refractivity contribution in [2.75, 3.05) is 26.2 Å².